The molecule has 0 saturated heterocycles. The topological polar surface area (TPSA) is 90.4 Å². The number of rotatable bonds is 7. The Morgan fingerprint density at radius 3 is 2.20 bits per heavy atom. The van der Waals surface area contributed by atoms with E-state index in [0.717, 1.165) is 21.9 Å². The lowest BCUT2D eigenvalue weighted by atomic mass is 10.1. The zero-order chi connectivity index (χ0) is 21.7. The van der Waals surface area contributed by atoms with E-state index in [1.807, 2.05) is 29.3 Å². The van der Waals surface area contributed by atoms with Gasteiger partial charge in [-0.2, -0.15) is 4.39 Å². The summed E-state index contributed by atoms with van der Waals surface area (Å²) >= 11 is 0. The average molecular weight is 410 g/mol. The van der Waals surface area contributed by atoms with Crippen molar-refractivity contribution < 1.29 is 18.7 Å². The van der Waals surface area contributed by atoms with Crippen LogP contribution in [-0.4, -0.2) is 29.6 Å². The largest absolute Gasteiger partial charge is 0.497 e. The predicted molar refractivity (Wildman–Crippen MR) is 111 cm³/mol. The Hall–Kier alpha value is -3.94. The molecule has 0 spiro atoms. The zero-order valence-corrected chi connectivity index (χ0v) is 16.3. The summed E-state index contributed by atoms with van der Waals surface area (Å²) in [5.41, 5.74) is 0.122. The molecule has 0 unspecified atom stereocenters. The van der Waals surface area contributed by atoms with Gasteiger partial charge in [-0.05, 0) is 23.3 Å². The maximum Gasteiger partial charge on any atom is 0.328 e. The lowest BCUT2D eigenvalue weighted by Crippen LogP contribution is -2.33. The fraction of sp³-hybridized carbons (Fsp3) is 0.136. The summed E-state index contributed by atoms with van der Waals surface area (Å²) in [5, 5.41) is 0. The van der Waals surface area contributed by atoms with Crippen molar-refractivity contribution in [3.05, 3.63) is 92.0 Å². The molecule has 1 aromatic heterocycles. The van der Waals surface area contributed by atoms with Crippen molar-refractivity contribution in [2.75, 3.05) is 14.2 Å². The quantitative estimate of drug-likeness (QED) is 0.478. The number of hydrogen-bond donors (Lipinski definition) is 1. The van der Waals surface area contributed by atoms with Crippen LogP contribution >= 0.6 is 0 Å². The van der Waals surface area contributed by atoms with E-state index in [0.29, 0.717) is 17.1 Å². The van der Waals surface area contributed by atoms with Gasteiger partial charge >= 0.3 is 5.69 Å². The molecule has 0 aliphatic carbocycles. The number of nitrogens with zero attached hydrogens (tertiary/aromatic N) is 1. The van der Waals surface area contributed by atoms with Crippen LogP contribution in [0, 0.1) is 5.82 Å². The van der Waals surface area contributed by atoms with Crippen LogP contribution in [0.25, 0.3) is 12.2 Å². The van der Waals surface area contributed by atoms with Crippen LogP contribution in [0.5, 0.6) is 11.5 Å². The highest BCUT2D eigenvalue weighted by atomic mass is 19.1. The number of ether oxygens (including phenoxy) is 2. The number of benzene rings is 2. The third-order valence-corrected chi connectivity index (χ3v) is 4.36. The molecule has 0 saturated carbocycles. The van der Waals surface area contributed by atoms with E-state index in [9.17, 15) is 18.8 Å². The summed E-state index contributed by atoms with van der Waals surface area (Å²) in [4.78, 5) is 37.0. The number of aromatic nitrogens is 2. The molecule has 0 fully saturated rings. The number of carbonyl (C=O) groups is 1. The third-order valence-electron chi connectivity index (χ3n) is 4.36. The molecule has 154 valence electrons. The molecule has 3 rings (SSSR count). The number of halogens is 1. The fourth-order valence-electron chi connectivity index (χ4n) is 2.74. The standard InChI is InChI=1S/C22H19FN2O5/c1-29-17-9-15(10-18(11-17)30-2)4-3-14-5-7-16(8-6-14)20(26)13-25-12-19(23)21(27)24-22(25)28/h3-12H,13H2,1-2H3,(H,24,27,28)/b4-3+. The minimum absolute atomic E-state index is 0.355. The van der Waals surface area contributed by atoms with Crippen LogP contribution in [-0.2, 0) is 6.54 Å². The van der Waals surface area contributed by atoms with Crippen molar-refractivity contribution >= 4 is 17.9 Å². The van der Waals surface area contributed by atoms with Gasteiger partial charge in [0.05, 0.1) is 27.0 Å². The van der Waals surface area contributed by atoms with E-state index in [-0.39, 0.29) is 6.54 Å². The van der Waals surface area contributed by atoms with Gasteiger partial charge in [0.2, 0.25) is 5.82 Å². The lowest BCUT2D eigenvalue weighted by molar-refractivity contribution is 0.0970. The van der Waals surface area contributed by atoms with Crippen molar-refractivity contribution in [1.82, 2.24) is 9.55 Å². The first-order valence-corrected chi connectivity index (χ1v) is 8.93. The first kappa shape index (κ1) is 20.8. The van der Waals surface area contributed by atoms with Gasteiger partial charge in [0.25, 0.3) is 5.56 Å². The van der Waals surface area contributed by atoms with Crippen LogP contribution in [0.2, 0.25) is 0 Å². The first-order valence-electron chi connectivity index (χ1n) is 8.93. The summed E-state index contributed by atoms with van der Waals surface area (Å²) < 4.78 is 24.7. The molecule has 0 aliphatic heterocycles. The number of H-pyrrole nitrogens is 1. The van der Waals surface area contributed by atoms with Gasteiger partial charge in [-0.1, -0.05) is 36.4 Å². The predicted octanol–water partition coefficient (Wildman–Crippen LogP) is 2.75. The normalized spacial score (nSPS) is 10.9. The van der Waals surface area contributed by atoms with E-state index in [1.165, 1.54) is 0 Å². The summed E-state index contributed by atoms with van der Waals surface area (Å²) in [6, 6.07) is 12.2. The highest BCUT2D eigenvalue weighted by Crippen LogP contribution is 2.24. The van der Waals surface area contributed by atoms with Crippen LogP contribution in [0.3, 0.4) is 0 Å². The molecule has 0 aliphatic rings. The smallest absolute Gasteiger partial charge is 0.328 e. The van der Waals surface area contributed by atoms with Gasteiger partial charge in [-0.3, -0.25) is 19.1 Å². The van der Waals surface area contributed by atoms with Gasteiger partial charge in [0, 0.05) is 11.6 Å². The second-order valence-corrected chi connectivity index (χ2v) is 6.39. The van der Waals surface area contributed by atoms with Gasteiger partial charge in [-0.25, -0.2) is 4.79 Å². The van der Waals surface area contributed by atoms with Crippen LogP contribution in [0.1, 0.15) is 21.5 Å². The van der Waals surface area contributed by atoms with Crippen molar-refractivity contribution in [2.24, 2.45) is 0 Å². The Labute approximate surface area is 171 Å². The van der Waals surface area contributed by atoms with Crippen LogP contribution in [0.15, 0.2) is 58.3 Å². The molecule has 3 aromatic rings. The van der Waals surface area contributed by atoms with Gasteiger partial charge in [0.15, 0.2) is 5.78 Å². The highest BCUT2D eigenvalue weighted by Gasteiger charge is 2.10. The zero-order valence-electron chi connectivity index (χ0n) is 16.3. The monoisotopic (exact) mass is 410 g/mol. The summed E-state index contributed by atoms with van der Waals surface area (Å²) in [7, 11) is 3.15. The minimum Gasteiger partial charge on any atom is -0.497 e. The van der Waals surface area contributed by atoms with E-state index in [2.05, 4.69) is 0 Å². The fourth-order valence-corrected chi connectivity index (χ4v) is 2.74. The van der Waals surface area contributed by atoms with E-state index in [4.69, 9.17) is 9.47 Å². The Bertz CT molecular complexity index is 1190. The van der Waals surface area contributed by atoms with Crippen LogP contribution in [0.4, 0.5) is 4.39 Å². The van der Waals surface area contributed by atoms with Gasteiger partial charge < -0.3 is 9.47 Å². The van der Waals surface area contributed by atoms with Gasteiger partial charge in [0.1, 0.15) is 11.5 Å². The summed E-state index contributed by atoms with van der Waals surface area (Å²) in [5.74, 6) is -0.179. The second kappa shape index (κ2) is 9.04. The SMILES string of the molecule is COc1cc(/C=C/c2ccc(C(=O)Cn3cc(F)c(=O)[nH]c3=O)cc2)cc(OC)c1. The molecule has 7 nitrogen and oxygen atoms in total. The van der Waals surface area contributed by atoms with Crippen molar-refractivity contribution in [2.45, 2.75) is 6.54 Å². The molecule has 0 radical (unpaired) electrons. The number of methoxy groups -OCH3 is 2. The van der Waals surface area contributed by atoms with E-state index in [1.54, 1.807) is 44.6 Å². The Morgan fingerprint density at radius 1 is 1.00 bits per heavy atom. The highest BCUT2D eigenvalue weighted by molar-refractivity contribution is 5.96. The maximum absolute atomic E-state index is 13.3. The Kier molecular flexibility index (Phi) is 6.26. The maximum atomic E-state index is 13.3. The van der Waals surface area contributed by atoms with Gasteiger partial charge in [-0.15, -0.1) is 0 Å². The number of nitrogens with one attached hydrogen (secondary N) is 1. The molecule has 0 atom stereocenters. The number of Topliss-reactive ketones (excluding diaryl/α,β-unsaturated/α-hetero) is 1. The Morgan fingerprint density at radius 2 is 1.60 bits per heavy atom. The molecular formula is C22H19FN2O5. The molecule has 1 N–H and O–H groups in total. The summed E-state index contributed by atoms with van der Waals surface area (Å²) in [6.45, 7) is -0.384. The number of hydrogen-bond acceptors (Lipinski definition) is 5. The molecule has 30 heavy (non-hydrogen) atoms. The van der Waals surface area contributed by atoms with Crippen molar-refractivity contribution in [3.8, 4) is 11.5 Å². The lowest BCUT2D eigenvalue weighted by Gasteiger charge is -2.06. The third kappa shape index (κ3) is 4.91. The van der Waals surface area contributed by atoms with E-state index >= 15 is 0 Å². The first-order chi connectivity index (χ1) is 14.4. The molecule has 2 aromatic carbocycles. The average Bonchev–Trinajstić information content (AvgIpc) is 2.76. The Balaban J connectivity index is 1.74. The number of aromatic amines is 1. The summed E-state index contributed by atoms with van der Waals surface area (Å²) in [6.07, 6.45) is 4.47. The van der Waals surface area contributed by atoms with E-state index < -0.39 is 22.8 Å². The van der Waals surface area contributed by atoms with Crippen molar-refractivity contribution in [3.63, 3.8) is 0 Å². The molecular weight excluding hydrogens is 391 g/mol. The number of carbonyl (C=O) groups excluding carboxylic acids is 1. The number of ketones is 1. The molecule has 8 heteroatoms. The van der Waals surface area contributed by atoms with Crippen LogP contribution < -0.4 is 20.7 Å². The minimum atomic E-state index is -1.13. The molecule has 1 heterocycles. The second-order valence-electron chi connectivity index (χ2n) is 6.39. The molecule has 0 amide bonds. The van der Waals surface area contributed by atoms with Crippen molar-refractivity contribution in [1.29, 1.82) is 0 Å². The molecule has 0 bridgehead atoms.